The Bertz CT molecular complexity index is 437. The van der Waals surface area contributed by atoms with Crippen LogP contribution in [0.1, 0.15) is 37.7 Å². The number of hydrogen-bond acceptors (Lipinski definition) is 3. The summed E-state index contributed by atoms with van der Waals surface area (Å²) >= 11 is 0. The normalized spacial score (nSPS) is 18.4. The standard InChI is InChI=1S/C17H26N2O2/c1-21-15(12-18)11-16(20)19-13-17(9-5-6-10-17)14-7-3-2-4-8-14/h2-4,7-8,15H,5-6,9-13,18H2,1H3,(H,19,20). The number of nitrogens with one attached hydrogen (secondary N) is 1. The minimum atomic E-state index is -0.193. The molecule has 0 heterocycles. The second-order valence-corrected chi connectivity index (χ2v) is 5.93. The maximum Gasteiger partial charge on any atom is 0.222 e. The number of methoxy groups -OCH3 is 1. The van der Waals surface area contributed by atoms with Gasteiger partial charge in [0.1, 0.15) is 0 Å². The molecule has 1 aliphatic carbocycles. The molecule has 1 saturated carbocycles. The number of benzene rings is 1. The van der Waals surface area contributed by atoms with Crippen LogP contribution in [0.25, 0.3) is 0 Å². The van der Waals surface area contributed by atoms with Crippen LogP contribution >= 0.6 is 0 Å². The molecule has 1 unspecified atom stereocenters. The second-order valence-electron chi connectivity index (χ2n) is 5.93. The summed E-state index contributed by atoms with van der Waals surface area (Å²) < 4.78 is 5.17. The summed E-state index contributed by atoms with van der Waals surface area (Å²) in [6, 6.07) is 10.5. The van der Waals surface area contributed by atoms with E-state index in [2.05, 4.69) is 29.6 Å². The topological polar surface area (TPSA) is 64.3 Å². The van der Waals surface area contributed by atoms with Gasteiger partial charge < -0.3 is 15.8 Å². The first-order valence-electron chi connectivity index (χ1n) is 7.75. The first-order chi connectivity index (χ1) is 10.2. The van der Waals surface area contributed by atoms with Crippen molar-refractivity contribution in [2.45, 2.75) is 43.6 Å². The minimum absolute atomic E-state index is 0.0227. The summed E-state index contributed by atoms with van der Waals surface area (Å²) in [5.41, 5.74) is 7.00. The maximum absolute atomic E-state index is 12.1. The van der Waals surface area contributed by atoms with Crippen LogP contribution in [0.2, 0.25) is 0 Å². The van der Waals surface area contributed by atoms with E-state index in [9.17, 15) is 4.79 Å². The molecule has 0 aromatic heterocycles. The number of ether oxygens (including phenoxy) is 1. The Morgan fingerprint density at radius 2 is 2.00 bits per heavy atom. The zero-order valence-corrected chi connectivity index (χ0v) is 12.8. The van der Waals surface area contributed by atoms with Gasteiger partial charge in [0.05, 0.1) is 12.5 Å². The minimum Gasteiger partial charge on any atom is -0.380 e. The summed E-state index contributed by atoms with van der Waals surface area (Å²) in [6.07, 6.45) is 4.88. The lowest BCUT2D eigenvalue weighted by Gasteiger charge is -2.30. The molecule has 4 heteroatoms. The van der Waals surface area contributed by atoms with E-state index in [0.717, 1.165) is 12.8 Å². The van der Waals surface area contributed by atoms with E-state index in [1.54, 1.807) is 7.11 Å². The van der Waals surface area contributed by atoms with Gasteiger partial charge in [-0.2, -0.15) is 0 Å². The van der Waals surface area contributed by atoms with Gasteiger partial charge in [-0.15, -0.1) is 0 Å². The number of carbonyl (C=O) groups excluding carboxylic acids is 1. The van der Waals surface area contributed by atoms with E-state index in [1.807, 2.05) is 6.07 Å². The third-order valence-corrected chi connectivity index (χ3v) is 4.58. The molecule has 21 heavy (non-hydrogen) atoms. The highest BCUT2D eigenvalue weighted by Crippen LogP contribution is 2.40. The van der Waals surface area contributed by atoms with Crippen molar-refractivity contribution in [2.24, 2.45) is 5.73 Å². The molecule has 0 bridgehead atoms. The molecule has 1 aliphatic rings. The van der Waals surface area contributed by atoms with E-state index < -0.39 is 0 Å². The molecule has 0 saturated heterocycles. The molecule has 3 N–H and O–H groups in total. The summed E-state index contributed by atoms with van der Waals surface area (Å²) in [5.74, 6) is 0.0227. The fourth-order valence-corrected chi connectivity index (χ4v) is 3.22. The highest BCUT2D eigenvalue weighted by molar-refractivity contribution is 5.76. The lowest BCUT2D eigenvalue weighted by atomic mass is 9.79. The van der Waals surface area contributed by atoms with Gasteiger partial charge in [0.2, 0.25) is 5.91 Å². The number of amides is 1. The molecule has 1 amide bonds. The first kappa shape index (κ1) is 16.0. The Kier molecular flexibility index (Phi) is 5.76. The van der Waals surface area contributed by atoms with Crippen LogP contribution in [0.4, 0.5) is 0 Å². The largest absolute Gasteiger partial charge is 0.380 e. The van der Waals surface area contributed by atoms with E-state index in [0.29, 0.717) is 19.5 Å². The van der Waals surface area contributed by atoms with E-state index in [-0.39, 0.29) is 17.4 Å². The highest BCUT2D eigenvalue weighted by Gasteiger charge is 2.35. The lowest BCUT2D eigenvalue weighted by Crippen LogP contribution is -2.40. The summed E-state index contributed by atoms with van der Waals surface area (Å²) in [6.45, 7) is 1.07. The van der Waals surface area contributed by atoms with Gasteiger partial charge in [-0.3, -0.25) is 4.79 Å². The zero-order valence-electron chi connectivity index (χ0n) is 12.8. The predicted molar refractivity (Wildman–Crippen MR) is 84.1 cm³/mol. The van der Waals surface area contributed by atoms with Crippen molar-refractivity contribution < 1.29 is 9.53 Å². The molecule has 1 aromatic rings. The molecule has 2 rings (SSSR count). The second kappa shape index (κ2) is 7.57. The van der Waals surface area contributed by atoms with Crippen molar-refractivity contribution in [1.29, 1.82) is 0 Å². The molecular formula is C17H26N2O2. The lowest BCUT2D eigenvalue weighted by molar-refractivity contribution is -0.123. The van der Waals surface area contributed by atoms with Crippen LogP contribution < -0.4 is 11.1 Å². The van der Waals surface area contributed by atoms with Gasteiger partial charge in [-0.05, 0) is 18.4 Å². The Morgan fingerprint density at radius 3 is 2.57 bits per heavy atom. The fraction of sp³-hybridized carbons (Fsp3) is 0.588. The average molecular weight is 290 g/mol. The van der Waals surface area contributed by atoms with Gasteiger partial charge in [0, 0.05) is 25.6 Å². The quantitative estimate of drug-likeness (QED) is 0.807. The molecule has 0 radical (unpaired) electrons. The van der Waals surface area contributed by atoms with Gasteiger partial charge in [-0.25, -0.2) is 0 Å². The fourth-order valence-electron chi connectivity index (χ4n) is 3.22. The first-order valence-corrected chi connectivity index (χ1v) is 7.75. The van der Waals surface area contributed by atoms with Gasteiger partial charge in [0.25, 0.3) is 0 Å². The van der Waals surface area contributed by atoms with Crippen LogP contribution in [0.3, 0.4) is 0 Å². The van der Waals surface area contributed by atoms with Crippen molar-refractivity contribution in [3.63, 3.8) is 0 Å². The number of hydrogen-bond donors (Lipinski definition) is 2. The Hall–Kier alpha value is -1.39. The summed E-state index contributed by atoms with van der Waals surface area (Å²) in [7, 11) is 1.59. The molecule has 0 spiro atoms. The van der Waals surface area contributed by atoms with Crippen molar-refractivity contribution in [3.05, 3.63) is 35.9 Å². The monoisotopic (exact) mass is 290 g/mol. The van der Waals surface area contributed by atoms with Crippen LogP contribution in [0.5, 0.6) is 0 Å². The van der Waals surface area contributed by atoms with Crippen molar-refractivity contribution in [2.75, 3.05) is 20.2 Å². The van der Waals surface area contributed by atoms with Crippen molar-refractivity contribution >= 4 is 5.91 Å². The van der Waals surface area contributed by atoms with Crippen LogP contribution in [0, 0.1) is 0 Å². The third kappa shape index (κ3) is 4.05. The molecular weight excluding hydrogens is 264 g/mol. The predicted octanol–water partition coefficient (Wildman–Crippen LogP) is 1.98. The van der Waals surface area contributed by atoms with E-state index >= 15 is 0 Å². The third-order valence-electron chi connectivity index (χ3n) is 4.58. The smallest absolute Gasteiger partial charge is 0.222 e. The number of rotatable bonds is 7. The molecule has 1 fully saturated rings. The molecule has 0 aliphatic heterocycles. The Labute approximate surface area is 127 Å². The molecule has 4 nitrogen and oxygen atoms in total. The SMILES string of the molecule is COC(CN)CC(=O)NCC1(c2ccccc2)CCCC1. The van der Waals surface area contributed by atoms with Gasteiger partial charge in [-0.1, -0.05) is 43.2 Å². The number of carbonyl (C=O) groups is 1. The van der Waals surface area contributed by atoms with E-state index in [4.69, 9.17) is 10.5 Å². The highest BCUT2D eigenvalue weighted by atomic mass is 16.5. The summed E-state index contributed by atoms with van der Waals surface area (Å²) in [5, 5.41) is 3.09. The molecule has 1 aromatic carbocycles. The Morgan fingerprint density at radius 1 is 1.33 bits per heavy atom. The summed E-state index contributed by atoms with van der Waals surface area (Å²) in [4.78, 5) is 12.1. The molecule has 1 atom stereocenters. The molecule has 116 valence electrons. The van der Waals surface area contributed by atoms with Crippen molar-refractivity contribution in [1.82, 2.24) is 5.32 Å². The van der Waals surface area contributed by atoms with E-state index in [1.165, 1.54) is 18.4 Å². The zero-order chi connectivity index (χ0) is 15.1. The van der Waals surface area contributed by atoms with Gasteiger partial charge in [0.15, 0.2) is 0 Å². The maximum atomic E-state index is 12.1. The van der Waals surface area contributed by atoms with Crippen LogP contribution in [-0.2, 0) is 14.9 Å². The average Bonchev–Trinajstić information content (AvgIpc) is 3.01. The van der Waals surface area contributed by atoms with Crippen LogP contribution in [-0.4, -0.2) is 32.2 Å². The van der Waals surface area contributed by atoms with Gasteiger partial charge >= 0.3 is 0 Å². The van der Waals surface area contributed by atoms with Crippen molar-refractivity contribution in [3.8, 4) is 0 Å². The number of nitrogens with two attached hydrogens (primary N) is 1. The Balaban J connectivity index is 1.97. The van der Waals surface area contributed by atoms with Crippen LogP contribution in [0.15, 0.2) is 30.3 Å².